The lowest BCUT2D eigenvalue weighted by molar-refractivity contribution is 0.922. The van der Waals surface area contributed by atoms with E-state index in [1.807, 2.05) is 18.2 Å². The average molecular weight is 339 g/mol. The summed E-state index contributed by atoms with van der Waals surface area (Å²) in [6.07, 6.45) is 2.33. The normalized spacial score (nSPS) is 10.5. The van der Waals surface area contributed by atoms with Crippen molar-refractivity contribution in [1.29, 1.82) is 0 Å². The standard InChI is InChI=1S/C16H17BrClN/c1-2-3-12-4-8-15(9-5-12)19-11-13-6-7-14(18)10-16(13)17/h4-10,19H,2-3,11H2,1H3. The zero-order valence-electron chi connectivity index (χ0n) is 10.9. The molecule has 0 heterocycles. The molecule has 0 aromatic heterocycles. The van der Waals surface area contributed by atoms with Gasteiger partial charge in [-0.15, -0.1) is 0 Å². The van der Waals surface area contributed by atoms with Crippen molar-refractivity contribution in [1.82, 2.24) is 0 Å². The summed E-state index contributed by atoms with van der Waals surface area (Å²) in [4.78, 5) is 0. The van der Waals surface area contributed by atoms with E-state index in [0.29, 0.717) is 0 Å². The van der Waals surface area contributed by atoms with Crippen molar-refractivity contribution in [3.05, 3.63) is 63.1 Å². The molecule has 0 aliphatic rings. The van der Waals surface area contributed by atoms with Gasteiger partial charge in [-0.3, -0.25) is 0 Å². The monoisotopic (exact) mass is 337 g/mol. The number of anilines is 1. The van der Waals surface area contributed by atoms with Crippen molar-refractivity contribution in [3.8, 4) is 0 Å². The maximum atomic E-state index is 5.93. The molecule has 2 aromatic rings. The predicted molar refractivity (Wildman–Crippen MR) is 86.9 cm³/mol. The van der Waals surface area contributed by atoms with Gasteiger partial charge in [0.1, 0.15) is 0 Å². The van der Waals surface area contributed by atoms with Crippen LogP contribution < -0.4 is 5.32 Å². The Labute approximate surface area is 128 Å². The van der Waals surface area contributed by atoms with Gasteiger partial charge >= 0.3 is 0 Å². The van der Waals surface area contributed by atoms with E-state index in [2.05, 4.69) is 52.4 Å². The molecule has 0 aliphatic carbocycles. The molecule has 1 N–H and O–H groups in total. The van der Waals surface area contributed by atoms with Gasteiger partial charge in [-0.2, -0.15) is 0 Å². The third-order valence-electron chi connectivity index (χ3n) is 2.99. The Morgan fingerprint density at radius 2 is 1.84 bits per heavy atom. The van der Waals surface area contributed by atoms with Gasteiger partial charge in [0.2, 0.25) is 0 Å². The van der Waals surface area contributed by atoms with E-state index in [-0.39, 0.29) is 0 Å². The predicted octanol–water partition coefficient (Wildman–Crippen LogP) is 5.67. The number of nitrogens with one attached hydrogen (secondary N) is 1. The highest BCUT2D eigenvalue weighted by Gasteiger charge is 2.01. The minimum Gasteiger partial charge on any atom is -0.381 e. The van der Waals surface area contributed by atoms with Crippen LogP contribution >= 0.6 is 27.5 Å². The first-order valence-electron chi connectivity index (χ1n) is 6.46. The quantitative estimate of drug-likeness (QED) is 0.741. The molecule has 0 amide bonds. The topological polar surface area (TPSA) is 12.0 Å². The Bertz CT molecular complexity index is 537. The number of hydrogen-bond acceptors (Lipinski definition) is 1. The van der Waals surface area contributed by atoms with E-state index >= 15 is 0 Å². The molecule has 19 heavy (non-hydrogen) atoms. The fraction of sp³-hybridized carbons (Fsp3) is 0.250. The Morgan fingerprint density at radius 3 is 2.47 bits per heavy atom. The maximum Gasteiger partial charge on any atom is 0.0417 e. The smallest absolute Gasteiger partial charge is 0.0417 e. The van der Waals surface area contributed by atoms with Crippen molar-refractivity contribution in [2.45, 2.75) is 26.3 Å². The minimum atomic E-state index is 0.750. The Balaban J connectivity index is 1.98. The van der Waals surface area contributed by atoms with Crippen molar-refractivity contribution >= 4 is 33.2 Å². The molecular weight excluding hydrogens is 322 g/mol. The van der Waals surface area contributed by atoms with E-state index in [1.54, 1.807) is 0 Å². The summed E-state index contributed by atoms with van der Waals surface area (Å²) >= 11 is 9.46. The lowest BCUT2D eigenvalue weighted by atomic mass is 10.1. The van der Waals surface area contributed by atoms with Crippen LogP contribution in [0, 0.1) is 0 Å². The molecule has 0 bridgehead atoms. The number of benzene rings is 2. The lowest BCUT2D eigenvalue weighted by Gasteiger charge is -2.09. The van der Waals surface area contributed by atoms with Crippen LogP contribution in [0.2, 0.25) is 5.02 Å². The fourth-order valence-corrected chi connectivity index (χ4v) is 2.76. The molecule has 0 saturated heterocycles. The van der Waals surface area contributed by atoms with Gasteiger partial charge in [0.05, 0.1) is 0 Å². The van der Waals surface area contributed by atoms with Gasteiger partial charge in [0, 0.05) is 21.7 Å². The van der Waals surface area contributed by atoms with Crippen LogP contribution in [0.25, 0.3) is 0 Å². The van der Waals surface area contributed by atoms with E-state index < -0.39 is 0 Å². The van der Waals surface area contributed by atoms with Gasteiger partial charge in [-0.1, -0.05) is 59.1 Å². The number of halogens is 2. The third kappa shape index (κ3) is 4.26. The number of hydrogen-bond donors (Lipinski definition) is 1. The first-order valence-corrected chi connectivity index (χ1v) is 7.63. The molecule has 0 saturated carbocycles. The summed E-state index contributed by atoms with van der Waals surface area (Å²) in [5, 5.41) is 4.17. The highest BCUT2D eigenvalue weighted by molar-refractivity contribution is 9.10. The zero-order valence-corrected chi connectivity index (χ0v) is 13.3. The van der Waals surface area contributed by atoms with Crippen LogP contribution in [-0.4, -0.2) is 0 Å². The Kier molecular flexibility index (Phi) is 5.29. The summed E-state index contributed by atoms with van der Waals surface area (Å²) < 4.78 is 1.04. The Morgan fingerprint density at radius 1 is 1.11 bits per heavy atom. The molecule has 0 atom stereocenters. The van der Waals surface area contributed by atoms with Crippen LogP contribution in [0.15, 0.2) is 46.9 Å². The average Bonchev–Trinajstić information content (AvgIpc) is 2.40. The summed E-state index contributed by atoms with van der Waals surface area (Å²) in [7, 11) is 0. The molecule has 0 unspecified atom stereocenters. The summed E-state index contributed by atoms with van der Waals surface area (Å²) in [5.74, 6) is 0. The first kappa shape index (κ1) is 14.4. The summed E-state index contributed by atoms with van der Waals surface area (Å²) in [5.41, 5.74) is 3.73. The number of rotatable bonds is 5. The largest absolute Gasteiger partial charge is 0.381 e. The Hall–Kier alpha value is -0.990. The molecular formula is C16H17BrClN. The SMILES string of the molecule is CCCc1ccc(NCc2ccc(Cl)cc2Br)cc1. The van der Waals surface area contributed by atoms with Gasteiger partial charge in [0.15, 0.2) is 0 Å². The van der Waals surface area contributed by atoms with Crippen molar-refractivity contribution < 1.29 is 0 Å². The molecule has 2 aromatic carbocycles. The van der Waals surface area contributed by atoms with E-state index in [1.165, 1.54) is 17.5 Å². The second-order valence-corrected chi connectivity index (χ2v) is 5.83. The highest BCUT2D eigenvalue weighted by atomic mass is 79.9. The van der Waals surface area contributed by atoms with Gasteiger partial charge in [-0.05, 0) is 41.8 Å². The van der Waals surface area contributed by atoms with Crippen molar-refractivity contribution in [2.75, 3.05) is 5.32 Å². The maximum absolute atomic E-state index is 5.93. The minimum absolute atomic E-state index is 0.750. The first-order chi connectivity index (χ1) is 9.19. The molecule has 0 spiro atoms. The number of aryl methyl sites for hydroxylation is 1. The van der Waals surface area contributed by atoms with E-state index in [9.17, 15) is 0 Å². The third-order valence-corrected chi connectivity index (χ3v) is 3.96. The van der Waals surface area contributed by atoms with Crippen LogP contribution in [0.3, 0.4) is 0 Å². The molecule has 3 heteroatoms. The molecule has 0 fully saturated rings. The molecule has 0 aliphatic heterocycles. The van der Waals surface area contributed by atoms with Crippen LogP contribution in [0.5, 0.6) is 0 Å². The van der Waals surface area contributed by atoms with Crippen LogP contribution in [0.1, 0.15) is 24.5 Å². The second-order valence-electron chi connectivity index (χ2n) is 4.54. The molecule has 100 valence electrons. The molecule has 2 rings (SSSR count). The van der Waals surface area contributed by atoms with E-state index in [4.69, 9.17) is 11.6 Å². The lowest BCUT2D eigenvalue weighted by Crippen LogP contribution is -2.00. The summed E-state index contributed by atoms with van der Waals surface area (Å²) in [6, 6.07) is 14.5. The van der Waals surface area contributed by atoms with Crippen molar-refractivity contribution in [3.63, 3.8) is 0 Å². The van der Waals surface area contributed by atoms with E-state index in [0.717, 1.165) is 28.1 Å². The van der Waals surface area contributed by atoms with Crippen molar-refractivity contribution in [2.24, 2.45) is 0 Å². The zero-order chi connectivity index (χ0) is 13.7. The van der Waals surface area contributed by atoms with Gasteiger partial charge < -0.3 is 5.32 Å². The van der Waals surface area contributed by atoms with Gasteiger partial charge in [-0.25, -0.2) is 0 Å². The fourth-order valence-electron chi connectivity index (χ4n) is 1.94. The second kappa shape index (κ2) is 6.97. The molecule has 1 nitrogen and oxygen atoms in total. The van der Waals surface area contributed by atoms with Crippen LogP contribution in [0.4, 0.5) is 5.69 Å². The highest BCUT2D eigenvalue weighted by Crippen LogP contribution is 2.22. The molecule has 0 radical (unpaired) electrons. The van der Waals surface area contributed by atoms with Gasteiger partial charge in [0.25, 0.3) is 0 Å². The van der Waals surface area contributed by atoms with Crippen LogP contribution in [-0.2, 0) is 13.0 Å². The summed E-state index contributed by atoms with van der Waals surface area (Å²) in [6.45, 7) is 2.98.